The van der Waals surface area contributed by atoms with Crippen molar-refractivity contribution < 1.29 is 19.1 Å². The van der Waals surface area contributed by atoms with E-state index in [-0.39, 0.29) is 29.9 Å². The fourth-order valence-electron chi connectivity index (χ4n) is 3.85. The molecule has 3 rings (SSSR count). The summed E-state index contributed by atoms with van der Waals surface area (Å²) in [6.07, 6.45) is 1.71. The zero-order chi connectivity index (χ0) is 23.3. The van der Waals surface area contributed by atoms with Crippen molar-refractivity contribution in [3.8, 4) is 5.75 Å². The molecule has 0 unspecified atom stereocenters. The van der Waals surface area contributed by atoms with Crippen LogP contribution in [0, 0.1) is 5.92 Å². The topological polar surface area (TPSA) is 84.0 Å². The number of aromatic nitrogens is 1. The molecule has 0 saturated carbocycles. The van der Waals surface area contributed by atoms with Crippen LogP contribution in [-0.4, -0.2) is 72.6 Å². The molecule has 8 nitrogen and oxygen atoms in total. The summed E-state index contributed by atoms with van der Waals surface area (Å²) in [5, 5.41) is 5.79. The highest BCUT2D eigenvalue weighted by atomic mass is 32.1. The molecular weight excluding hydrogens is 428 g/mol. The Hall–Kier alpha value is -2.49. The molecule has 0 aliphatic carbocycles. The van der Waals surface area contributed by atoms with Gasteiger partial charge in [-0.05, 0) is 25.0 Å². The van der Waals surface area contributed by atoms with E-state index >= 15 is 0 Å². The van der Waals surface area contributed by atoms with Crippen molar-refractivity contribution in [2.24, 2.45) is 5.92 Å². The second-order valence-corrected chi connectivity index (χ2v) is 9.32. The molecule has 1 aromatic carbocycles. The monoisotopic (exact) mass is 460 g/mol. The molecule has 2 heterocycles. The second kappa shape index (κ2) is 10.9. The van der Waals surface area contributed by atoms with Crippen LogP contribution in [-0.2, 0) is 16.1 Å². The molecule has 9 heteroatoms. The minimum Gasteiger partial charge on any atom is -0.491 e. The molecule has 0 fully saturated rings. The summed E-state index contributed by atoms with van der Waals surface area (Å²) in [4.78, 5) is 33.2. The van der Waals surface area contributed by atoms with Gasteiger partial charge in [0, 0.05) is 63.5 Å². The molecule has 0 spiro atoms. The maximum atomic E-state index is 13.2. The van der Waals surface area contributed by atoms with E-state index in [4.69, 9.17) is 9.47 Å². The van der Waals surface area contributed by atoms with Crippen LogP contribution in [0.25, 0.3) is 0 Å². The SMILES string of the molecule is CO[C@H]1CN(C)C(=O)c2ccc(NC(C)=O)cc2OC[C@H](C)N(Cc2nccs2)C[C@@H]1C. The first-order chi connectivity index (χ1) is 15.3. The number of carbonyl (C=O) groups excluding carboxylic acids is 2. The molecule has 0 radical (unpaired) electrons. The molecule has 1 aliphatic rings. The van der Waals surface area contributed by atoms with Crippen LogP contribution in [0.2, 0.25) is 0 Å². The van der Waals surface area contributed by atoms with Crippen molar-refractivity contribution in [1.82, 2.24) is 14.8 Å². The number of nitrogens with one attached hydrogen (secondary N) is 1. The lowest BCUT2D eigenvalue weighted by Crippen LogP contribution is -2.46. The number of benzene rings is 1. The van der Waals surface area contributed by atoms with Crippen LogP contribution < -0.4 is 10.1 Å². The Morgan fingerprint density at radius 1 is 1.34 bits per heavy atom. The van der Waals surface area contributed by atoms with Crippen molar-refractivity contribution in [2.45, 2.75) is 39.5 Å². The summed E-state index contributed by atoms with van der Waals surface area (Å²) in [7, 11) is 3.46. The Kier molecular flexibility index (Phi) is 8.22. The van der Waals surface area contributed by atoms with Gasteiger partial charge in [-0.1, -0.05) is 6.92 Å². The molecule has 1 N–H and O–H groups in total. The number of anilines is 1. The van der Waals surface area contributed by atoms with Gasteiger partial charge in [-0.25, -0.2) is 4.98 Å². The largest absolute Gasteiger partial charge is 0.491 e. The van der Waals surface area contributed by atoms with Crippen LogP contribution in [0.3, 0.4) is 0 Å². The van der Waals surface area contributed by atoms with Crippen LogP contribution in [0.4, 0.5) is 5.69 Å². The van der Waals surface area contributed by atoms with Gasteiger partial charge in [0.25, 0.3) is 5.91 Å². The van der Waals surface area contributed by atoms with Crippen molar-refractivity contribution in [2.75, 3.05) is 39.2 Å². The van der Waals surface area contributed by atoms with Gasteiger partial charge in [-0.3, -0.25) is 14.5 Å². The van der Waals surface area contributed by atoms with Crippen LogP contribution in [0.15, 0.2) is 29.8 Å². The van der Waals surface area contributed by atoms with E-state index in [2.05, 4.69) is 29.0 Å². The molecule has 0 bridgehead atoms. The minimum absolute atomic E-state index is 0.0726. The molecule has 0 saturated heterocycles. The van der Waals surface area contributed by atoms with E-state index in [1.807, 2.05) is 11.6 Å². The van der Waals surface area contributed by atoms with E-state index in [1.54, 1.807) is 48.6 Å². The number of amides is 2. The number of fused-ring (bicyclic) bond motifs is 1. The number of hydrogen-bond acceptors (Lipinski definition) is 7. The minimum atomic E-state index is -0.179. The van der Waals surface area contributed by atoms with Crippen molar-refractivity contribution in [1.29, 1.82) is 0 Å². The number of nitrogens with zero attached hydrogens (tertiary/aromatic N) is 3. The third-order valence-corrected chi connectivity index (χ3v) is 6.48. The maximum absolute atomic E-state index is 13.2. The first-order valence-corrected chi connectivity index (χ1v) is 11.6. The summed E-state index contributed by atoms with van der Waals surface area (Å²) >= 11 is 1.63. The van der Waals surface area contributed by atoms with Gasteiger partial charge in [0.1, 0.15) is 17.4 Å². The molecule has 1 aliphatic heterocycles. The van der Waals surface area contributed by atoms with Crippen molar-refractivity contribution in [3.63, 3.8) is 0 Å². The number of carbonyl (C=O) groups is 2. The summed E-state index contributed by atoms with van der Waals surface area (Å²) in [6.45, 7) is 8.06. The number of thiazole rings is 1. The average molecular weight is 461 g/mol. The molecule has 1 aromatic heterocycles. The fourth-order valence-corrected chi connectivity index (χ4v) is 4.49. The quantitative estimate of drug-likeness (QED) is 0.755. The number of methoxy groups -OCH3 is 1. The highest BCUT2D eigenvalue weighted by Gasteiger charge is 2.28. The van der Waals surface area contributed by atoms with Crippen molar-refractivity contribution in [3.05, 3.63) is 40.3 Å². The number of hydrogen-bond donors (Lipinski definition) is 1. The van der Waals surface area contributed by atoms with E-state index in [0.717, 1.165) is 18.1 Å². The van der Waals surface area contributed by atoms with Gasteiger partial charge in [-0.2, -0.15) is 0 Å². The Morgan fingerprint density at radius 3 is 2.78 bits per heavy atom. The van der Waals surface area contributed by atoms with E-state index in [1.165, 1.54) is 6.92 Å². The second-order valence-electron chi connectivity index (χ2n) is 8.34. The Balaban J connectivity index is 1.94. The van der Waals surface area contributed by atoms with Crippen LogP contribution in [0.1, 0.15) is 36.1 Å². The predicted octanol–water partition coefficient (Wildman–Crippen LogP) is 3.11. The Labute approximate surface area is 193 Å². The standard InChI is InChI=1S/C23H32N4O4S/c1-15-11-27(13-22-24-8-9-32-22)16(2)14-31-20-10-18(25-17(3)28)6-7-19(20)23(29)26(4)12-21(15)30-5/h6-10,15-16,21H,11-14H2,1-5H3,(H,25,28)/t15-,16-,21-/m0/s1. The summed E-state index contributed by atoms with van der Waals surface area (Å²) in [6, 6.07) is 5.20. The van der Waals surface area contributed by atoms with Crippen LogP contribution in [0.5, 0.6) is 5.75 Å². The Morgan fingerprint density at radius 2 is 2.12 bits per heavy atom. The van der Waals surface area contributed by atoms with Crippen molar-refractivity contribution >= 4 is 28.8 Å². The van der Waals surface area contributed by atoms with Gasteiger partial charge in [0.05, 0.1) is 18.2 Å². The molecule has 2 aromatic rings. The number of likely N-dealkylation sites (N-methyl/N-ethyl adjacent to an activating group) is 1. The lowest BCUT2D eigenvalue weighted by molar-refractivity contribution is -0.114. The molecule has 2 amide bonds. The number of rotatable bonds is 4. The van der Waals surface area contributed by atoms with Gasteiger partial charge in [0.2, 0.25) is 5.91 Å². The highest BCUT2D eigenvalue weighted by Crippen LogP contribution is 2.27. The van der Waals surface area contributed by atoms with Gasteiger partial charge in [-0.15, -0.1) is 11.3 Å². The maximum Gasteiger partial charge on any atom is 0.257 e. The van der Waals surface area contributed by atoms with Crippen LogP contribution >= 0.6 is 11.3 Å². The molecule has 3 atom stereocenters. The van der Waals surface area contributed by atoms with Gasteiger partial charge in [0.15, 0.2) is 0 Å². The zero-order valence-electron chi connectivity index (χ0n) is 19.3. The first kappa shape index (κ1) is 24.2. The first-order valence-electron chi connectivity index (χ1n) is 10.7. The summed E-state index contributed by atoms with van der Waals surface area (Å²) in [5.74, 6) is 0.327. The molecular formula is C23H32N4O4S. The third kappa shape index (κ3) is 6.05. The van der Waals surface area contributed by atoms with Gasteiger partial charge >= 0.3 is 0 Å². The summed E-state index contributed by atoms with van der Waals surface area (Å²) < 4.78 is 11.9. The van der Waals surface area contributed by atoms with E-state index in [0.29, 0.717) is 30.2 Å². The summed E-state index contributed by atoms with van der Waals surface area (Å²) in [5.41, 5.74) is 1.05. The number of ether oxygens (including phenoxy) is 2. The molecule has 174 valence electrons. The van der Waals surface area contributed by atoms with E-state index < -0.39 is 0 Å². The Bertz CT molecular complexity index is 921. The zero-order valence-corrected chi connectivity index (χ0v) is 20.1. The van der Waals surface area contributed by atoms with Gasteiger partial charge < -0.3 is 19.7 Å². The molecule has 32 heavy (non-hydrogen) atoms. The highest BCUT2D eigenvalue weighted by molar-refractivity contribution is 7.09. The fraction of sp³-hybridized carbons (Fsp3) is 0.522. The predicted molar refractivity (Wildman–Crippen MR) is 125 cm³/mol. The van der Waals surface area contributed by atoms with E-state index in [9.17, 15) is 9.59 Å². The lowest BCUT2D eigenvalue weighted by atomic mass is 10.0. The normalized spacial score (nSPS) is 23.0. The lowest BCUT2D eigenvalue weighted by Gasteiger charge is -2.35. The smallest absolute Gasteiger partial charge is 0.257 e. The average Bonchev–Trinajstić information content (AvgIpc) is 3.26. The third-order valence-electron chi connectivity index (χ3n) is 5.72.